The van der Waals surface area contributed by atoms with Crippen molar-refractivity contribution in [1.29, 1.82) is 0 Å². The third-order valence-corrected chi connectivity index (χ3v) is 2.33. The van der Waals surface area contributed by atoms with Gasteiger partial charge in [-0.25, -0.2) is 0 Å². The van der Waals surface area contributed by atoms with Crippen LogP contribution in [0.5, 0.6) is 0 Å². The molecule has 0 aliphatic carbocycles. The topological polar surface area (TPSA) is 89.4 Å². The molecule has 1 fully saturated rings. The van der Waals surface area contributed by atoms with Crippen LogP contribution in [0.25, 0.3) is 0 Å². The van der Waals surface area contributed by atoms with Gasteiger partial charge in [-0.15, -0.1) is 0 Å². The molecule has 1 atom stereocenters. The van der Waals surface area contributed by atoms with Crippen LogP contribution in [-0.4, -0.2) is 35.8 Å². The van der Waals surface area contributed by atoms with Crippen LogP contribution in [-0.2, 0) is 9.59 Å². The Bertz CT molecular complexity index is 217. The predicted molar refractivity (Wildman–Crippen MR) is 47.6 cm³/mol. The number of hydrogen-bond acceptors (Lipinski definition) is 3. The van der Waals surface area contributed by atoms with E-state index in [0.29, 0.717) is 13.0 Å². The molecule has 0 aromatic heterocycles. The lowest BCUT2D eigenvalue weighted by Crippen LogP contribution is -2.52. The first-order valence-corrected chi connectivity index (χ1v) is 4.45. The quantitative estimate of drug-likeness (QED) is 0.567. The van der Waals surface area contributed by atoms with E-state index >= 15 is 0 Å². The van der Waals surface area contributed by atoms with Crippen molar-refractivity contribution in [3.8, 4) is 0 Å². The average Bonchev–Trinajstić information content (AvgIpc) is 2.16. The number of piperidine rings is 1. The van der Waals surface area contributed by atoms with E-state index in [-0.39, 0.29) is 12.5 Å². The molecular weight excluding hydrogens is 170 g/mol. The molecule has 0 saturated carbocycles. The van der Waals surface area contributed by atoms with Crippen LogP contribution in [0.3, 0.4) is 0 Å². The van der Waals surface area contributed by atoms with E-state index in [1.165, 1.54) is 4.90 Å². The Kier molecular flexibility index (Phi) is 3.25. The van der Waals surface area contributed by atoms with E-state index in [1.807, 2.05) is 0 Å². The normalized spacial score (nSPS) is 22.8. The monoisotopic (exact) mass is 185 g/mol. The van der Waals surface area contributed by atoms with Crippen molar-refractivity contribution in [3.63, 3.8) is 0 Å². The highest BCUT2D eigenvalue weighted by Gasteiger charge is 2.29. The summed E-state index contributed by atoms with van der Waals surface area (Å²) in [6.07, 6.45) is 2.54. The summed E-state index contributed by atoms with van der Waals surface area (Å²) in [6, 6.07) is -0.440. The molecule has 0 bridgehead atoms. The Hall–Kier alpha value is -1.10. The van der Waals surface area contributed by atoms with E-state index in [1.54, 1.807) is 0 Å². The summed E-state index contributed by atoms with van der Waals surface area (Å²) in [5.41, 5.74) is 10.4. The number of rotatable bonds is 2. The molecule has 0 spiro atoms. The van der Waals surface area contributed by atoms with Gasteiger partial charge in [0.15, 0.2) is 0 Å². The van der Waals surface area contributed by atoms with Gasteiger partial charge in [0.25, 0.3) is 0 Å². The molecule has 5 heteroatoms. The molecule has 0 radical (unpaired) electrons. The van der Waals surface area contributed by atoms with Gasteiger partial charge in [-0.3, -0.25) is 9.59 Å². The molecule has 1 saturated heterocycles. The van der Waals surface area contributed by atoms with Gasteiger partial charge in [-0.2, -0.15) is 0 Å². The van der Waals surface area contributed by atoms with Crippen molar-refractivity contribution in [2.75, 3.05) is 13.1 Å². The largest absolute Gasteiger partial charge is 0.368 e. The van der Waals surface area contributed by atoms with Gasteiger partial charge in [-0.1, -0.05) is 0 Å². The summed E-state index contributed by atoms with van der Waals surface area (Å²) < 4.78 is 0. The van der Waals surface area contributed by atoms with Crippen LogP contribution >= 0.6 is 0 Å². The number of nitrogens with two attached hydrogens (primary N) is 2. The fourth-order valence-electron chi connectivity index (χ4n) is 1.64. The van der Waals surface area contributed by atoms with Crippen LogP contribution in [0, 0.1) is 0 Å². The Labute approximate surface area is 77.1 Å². The standard InChI is InChI=1S/C8H15N3O2/c9-5-7(12)11-4-2-1-3-6(11)8(10)13/h6H,1-5,9H2,(H2,10,13). The highest BCUT2D eigenvalue weighted by atomic mass is 16.2. The second-order valence-electron chi connectivity index (χ2n) is 3.21. The molecule has 2 amide bonds. The van der Waals surface area contributed by atoms with Gasteiger partial charge in [0.1, 0.15) is 6.04 Å². The van der Waals surface area contributed by atoms with E-state index in [2.05, 4.69) is 0 Å². The van der Waals surface area contributed by atoms with Crippen molar-refractivity contribution in [3.05, 3.63) is 0 Å². The number of hydrogen-bond donors (Lipinski definition) is 2. The Morgan fingerprint density at radius 2 is 2.08 bits per heavy atom. The molecule has 1 rings (SSSR count). The number of amides is 2. The third kappa shape index (κ3) is 2.18. The molecule has 0 aromatic rings. The third-order valence-electron chi connectivity index (χ3n) is 2.33. The first kappa shape index (κ1) is 9.98. The minimum absolute atomic E-state index is 0.0518. The highest BCUT2D eigenvalue weighted by Crippen LogP contribution is 2.16. The molecule has 5 nitrogen and oxygen atoms in total. The summed E-state index contributed by atoms with van der Waals surface area (Å²) in [4.78, 5) is 23.7. The fraction of sp³-hybridized carbons (Fsp3) is 0.750. The van der Waals surface area contributed by atoms with Crippen molar-refractivity contribution < 1.29 is 9.59 Å². The maximum absolute atomic E-state index is 11.3. The lowest BCUT2D eigenvalue weighted by molar-refractivity contribution is -0.139. The van der Waals surface area contributed by atoms with Crippen LogP contribution in [0.15, 0.2) is 0 Å². The van der Waals surface area contributed by atoms with Gasteiger partial charge < -0.3 is 16.4 Å². The summed E-state index contributed by atoms with van der Waals surface area (Å²) in [6.45, 7) is 0.549. The molecule has 74 valence electrons. The summed E-state index contributed by atoms with van der Waals surface area (Å²) >= 11 is 0. The molecule has 1 aliphatic rings. The zero-order chi connectivity index (χ0) is 9.84. The van der Waals surface area contributed by atoms with Crippen molar-refractivity contribution in [1.82, 2.24) is 4.90 Å². The first-order valence-electron chi connectivity index (χ1n) is 4.45. The van der Waals surface area contributed by atoms with Crippen molar-refractivity contribution >= 4 is 11.8 Å². The maximum atomic E-state index is 11.3. The van der Waals surface area contributed by atoms with Crippen LogP contribution < -0.4 is 11.5 Å². The first-order chi connectivity index (χ1) is 6.16. The molecule has 13 heavy (non-hydrogen) atoms. The molecule has 0 aromatic carbocycles. The number of carbonyl (C=O) groups excluding carboxylic acids is 2. The number of likely N-dealkylation sites (tertiary alicyclic amines) is 1. The smallest absolute Gasteiger partial charge is 0.240 e. The number of carbonyl (C=O) groups is 2. The van der Waals surface area contributed by atoms with Crippen LogP contribution in [0.1, 0.15) is 19.3 Å². The van der Waals surface area contributed by atoms with Gasteiger partial charge in [-0.05, 0) is 19.3 Å². The number of primary amides is 1. The Morgan fingerprint density at radius 3 is 2.62 bits per heavy atom. The van der Waals surface area contributed by atoms with Gasteiger partial charge in [0.2, 0.25) is 11.8 Å². The van der Waals surface area contributed by atoms with Gasteiger partial charge in [0.05, 0.1) is 6.54 Å². The van der Waals surface area contributed by atoms with E-state index in [9.17, 15) is 9.59 Å². The predicted octanol–water partition coefficient (Wildman–Crippen LogP) is -1.19. The molecule has 4 N–H and O–H groups in total. The molecule has 1 heterocycles. The Morgan fingerprint density at radius 1 is 1.38 bits per heavy atom. The lowest BCUT2D eigenvalue weighted by Gasteiger charge is -2.33. The second-order valence-corrected chi connectivity index (χ2v) is 3.21. The van der Waals surface area contributed by atoms with E-state index in [0.717, 1.165) is 12.8 Å². The minimum Gasteiger partial charge on any atom is -0.368 e. The molecule has 1 unspecified atom stereocenters. The molecular formula is C8H15N3O2. The zero-order valence-electron chi connectivity index (χ0n) is 7.53. The van der Waals surface area contributed by atoms with Crippen molar-refractivity contribution in [2.45, 2.75) is 25.3 Å². The van der Waals surface area contributed by atoms with E-state index in [4.69, 9.17) is 11.5 Å². The average molecular weight is 185 g/mol. The SMILES string of the molecule is NCC(=O)N1CCCCC1C(N)=O. The summed E-state index contributed by atoms with van der Waals surface area (Å²) in [7, 11) is 0. The van der Waals surface area contributed by atoms with Crippen LogP contribution in [0.2, 0.25) is 0 Å². The van der Waals surface area contributed by atoms with Gasteiger partial charge in [0, 0.05) is 6.54 Å². The lowest BCUT2D eigenvalue weighted by atomic mass is 10.0. The second kappa shape index (κ2) is 4.23. The van der Waals surface area contributed by atoms with Crippen LogP contribution in [0.4, 0.5) is 0 Å². The van der Waals surface area contributed by atoms with Crippen molar-refractivity contribution in [2.24, 2.45) is 11.5 Å². The summed E-state index contributed by atoms with van der Waals surface area (Å²) in [5.74, 6) is -0.620. The molecule has 1 aliphatic heterocycles. The Balaban J connectivity index is 2.67. The number of nitrogens with zero attached hydrogens (tertiary/aromatic N) is 1. The fourth-order valence-corrected chi connectivity index (χ4v) is 1.64. The highest BCUT2D eigenvalue weighted by molar-refractivity contribution is 5.87. The zero-order valence-corrected chi connectivity index (χ0v) is 7.53. The summed E-state index contributed by atoms with van der Waals surface area (Å²) in [5, 5.41) is 0. The maximum Gasteiger partial charge on any atom is 0.240 e. The van der Waals surface area contributed by atoms with Gasteiger partial charge >= 0.3 is 0 Å². The minimum atomic E-state index is -0.440. The van der Waals surface area contributed by atoms with E-state index < -0.39 is 11.9 Å².